The highest BCUT2D eigenvalue weighted by Crippen LogP contribution is 2.14. The fraction of sp³-hybridized carbons (Fsp3) is 0.500. The summed E-state index contributed by atoms with van der Waals surface area (Å²) in [4.78, 5) is 2.12. The molecule has 20 heavy (non-hydrogen) atoms. The van der Waals surface area contributed by atoms with Crippen molar-refractivity contribution < 1.29 is 14.6 Å². The van der Waals surface area contributed by atoms with Crippen LogP contribution in [0.15, 0.2) is 18.2 Å². The van der Waals surface area contributed by atoms with E-state index in [4.69, 9.17) is 10.2 Å². The van der Waals surface area contributed by atoms with Crippen molar-refractivity contribution in [3.05, 3.63) is 35.1 Å². The topological polar surface area (TPSA) is 43.7 Å². The minimum atomic E-state index is -0.288. The molecular formula is C16H22FNO2. The van der Waals surface area contributed by atoms with Gasteiger partial charge in [0.15, 0.2) is 0 Å². The van der Waals surface area contributed by atoms with Crippen LogP contribution in [0.25, 0.3) is 0 Å². The van der Waals surface area contributed by atoms with Gasteiger partial charge in [-0.25, -0.2) is 4.39 Å². The van der Waals surface area contributed by atoms with E-state index in [1.165, 1.54) is 6.07 Å². The molecule has 0 atom stereocenters. The van der Waals surface area contributed by atoms with Crippen LogP contribution in [0.4, 0.5) is 4.39 Å². The Balaban J connectivity index is 2.80. The molecule has 0 saturated carbocycles. The van der Waals surface area contributed by atoms with Crippen LogP contribution in [0, 0.1) is 17.7 Å². The van der Waals surface area contributed by atoms with Crippen molar-refractivity contribution in [3.8, 4) is 11.8 Å². The van der Waals surface area contributed by atoms with Crippen molar-refractivity contribution in [2.45, 2.75) is 32.9 Å². The van der Waals surface area contributed by atoms with E-state index in [-0.39, 0.29) is 25.1 Å². The maximum atomic E-state index is 14.0. The van der Waals surface area contributed by atoms with E-state index in [1.807, 2.05) is 0 Å². The van der Waals surface area contributed by atoms with Gasteiger partial charge in [0.05, 0.1) is 0 Å². The van der Waals surface area contributed by atoms with Gasteiger partial charge in [-0.2, -0.15) is 0 Å². The van der Waals surface area contributed by atoms with Gasteiger partial charge in [0.1, 0.15) is 12.4 Å². The van der Waals surface area contributed by atoms with E-state index in [9.17, 15) is 4.39 Å². The van der Waals surface area contributed by atoms with Crippen LogP contribution in [-0.2, 0) is 6.54 Å². The summed E-state index contributed by atoms with van der Waals surface area (Å²) in [6.07, 6.45) is 0.680. The van der Waals surface area contributed by atoms with Gasteiger partial charge in [-0.15, -0.1) is 0 Å². The molecule has 2 N–H and O–H groups in total. The summed E-state index contributed by atoms with van der Waals surface area (Å²) in [5.74, 6) is 4.90. The smallest absolute Gasteiger partial charge is 0.128 e. The maximum absolute atomic E-state index is 14.0. The molecule has 0 amide bonds. The Morgan fingerprint density at radius 2 is 2.05 bits per heavy atom. The third-order valence-electron chi connectivity index (χ3n) is 3.07. The van der Waals surface area contributed by atoms with Gasteiger partial charge in [0, 0.05) is 36.9 Å². The summed E-state index contributed by atoms with van der Waals surface area (Å²) in [7, 11) is 0. The predicted molar refractivity (Wildman–Crippen MR) is 77.6 cm³/mol. The first-order chi connectivity index (χ1) is 9.58. The van der Waals surface area contributed by atoms with Gasteiger partial charge < -0.3 is 10.2 Å². The summed E-state index contributed by atoms with van der Waals surface area (Å²) in [6.45, 7) is 5.26. The van der Waals surface area contributed by atoms with Crippen LogP contribution in [0.1, 0.15) is 31.4 Å². The molecule has 0 saturated heterocycles. The van der Waals surface area contributed by atoms with Crippen LogP contribution in [0.5, 0.6) is 0 Å². The molecule has 0 radical (unpaired) electrons. The van der Waals surface area contributed by atoms with Gasteiger partial charge in [0.25, 0.3) is 0 Å². The number of hydrogen-bond acceptors (Lipinski definition) is 3. The summed E-state index contributed by atoms with van der Waals surface area (Å²) in [5.41, 5.74) is 1.18. The van der Waals surface area contributed by atoms with Crippen LogP contribution in [0.2, 0.25) is 0 Å². The highest BCUT2D eigenvalue weighted by molar-refractivity contribution is 5.37. The zero-order valence-electron chi connectivity index (χ0n) is 12.1. The molecule has 110 valence electrons. The first-order valence-electron chi connectivity index (χ1n) is 6.81. The van der Waals surface area contributed by atoms with Crippen LogP contribution in [-0.4, -0.2) is 40.9 Å². The molecular weight excluding hydrogens is 257 g/mol. The highest BCUT2D eigenvalue weighted by atomic mass is 19.1. The predicted octanol–water partition coefficient (Wildman–Crippen LogP) is 1.76. The average molecular weight is 279 g/mol. The van der Waals surface area contributed by atoms with Gasteiger partial charge in [-0.1, -0.05) is 17.9 Å². The van der Waals surface area contributed by atoms with Crippen LogP contribution < -0.4 is 0 Å². The Kier molecular flexibility index (Phi) is 7.24. The van der Waals surface area contributed by atoms with E-state index in [1.54, 1.807) is 12.1 Å². The molecule has 1 aromatic carbocycles. The van der Waals surface area contributed by atoms with E-state index in [0.29, 0.717) is 24.1 Å². The number of benzene rings is 1. The molecule has 0 spiro atoms. The second kappa shape index (κ2) is 8.70. The third kappa shape index (κ3) is 5.30. The number of nitrogens with zero attached hydrogens (tertiary/aromatic N) is 1. The average Bonchev–Trinajstić information content (AvgIpc) is 2.42. The van der Waals surface area contributed by atoms with Crippen LogP contribution >= 0.6 is 0 Å². The Hall–Kier alpha value is -1.41. The molecule has 0 bridgehead atoms. The number of aliphatic hydroxyl groups excluding tert-OH is 2. The number of hydrogen-bond donors (Lipinski definition) is 2. The lowest BCUT2D eigenvalue weighted by Crippen LogP contribution is -2.32. The van der Waals surface area contributed by atoms with E-state index in [0.717, 1.165) is 6.54 Å². The monoisotopic (exact) mass is 279 g/mol. The lowest BCUT2D eigenvalue weighted by atomic mass is 10.1. The fourth-order valence-corrected chi connectivity index (χ4v) is 1.91. The Bertz CT molecular complexity index is 477. The fourth-order valence-electron chi connectivity index (χ4n) is 1.91. The molecule has 0 aromatic heterocycles. The van der Waals surface area contributed by atoms with Crippen molar-refractivity contribution >= 4 is 0 Å². The van der Waals surface area contributed by atoms with Crippen LogP contribution in [0.3, 0.4) is 0 Å². The lowest BCUT2D eigenvalue weighted by molar-refractivity contribution is 0.183. The maximum Gasteiger partial charge on any atom is 0.128 e. The zero-order chi connectivity index (χ0) is 15.0. The highest BCUT2D eigenvalue weighted by Gasteiger charge is 2.12. The molecule has 1 rings (SSSR count). The molecule has 0 unspecified atom stereocenters. The number of aliphatic hydroxyl groups is 2. The Morgan fingerprint density at radius 3 is 2.60 bits per heavy atom. The van der Waals surface area contributed by atoms with Crippen molar-refractivity contribution in [2.75, 3.05) is 19.8 Å². The van der Waals surface area contributed by atoms with Crippen molar-refractivity contribution in [3.63, 3.8) is 0 Å². The van der Waals surface area contributed by atoms with Crippen molar-refractivity contribution in [1.82, 2.24) is 4.90 Å². The molecule has 3 nitrogen and oxygen atoms in total. The Labute approximate surface area is 120 Å². The first kappa shape index (κ1) is 16.6. The quantitative estimate of drug-likeness (QED) is 0.780. The minimum Gasteiger partial charge on any atom is -0.396 e. The Morgan fingerprint density at radius 1 is 1.30 bits per heavy atom. The minimum absolute atomic E-state index is 0.140. The molecule has 1 aromatic rings. The largest absolute Gasteiger partial charge is 0.396 e. The number of halogens is 1. The normalized spacial score (nSPS) is 10.8. The third-order valence-corrected chi connectivity index (χ3v) is 3.07. The van der Waals surface area contributed by atoms with E-state index >= 15 is 0 Å². The van der Waals surface area contributed by atoms with Gasteiger partial charge in [0.2, 0.25) is 0 Å². The number of rotatable bonds is 6. The van der Waals surface area contributed by atoms with Gasteiger partial charge >= 0.3 is 0 Å². The molecule has 0 aliphatic rings. The first-order valence-corrected chi connectivity index (χ1v) is 6.81. The second-order valence-electron chi connectivity index (χ2n) is 4.91. The van der Waals surface area contributed by atoms with Gasteiger partial charge in [-0.05, 0) is 32.4 Å². The van der Waals surface area contributed by atoms with Gasteiger partial charge in [-0.3, -0.25) is 4.90 Å². The molecule has 0 aliphatic heterocycles. The lowest BCUT2D eigenvalue weighted by Gasteiger charge is -2.26. The SMILES string of the molecule is CC(C)N(CCCO)Cc1ccc(C#CCO)cc1F. The summed E-state index contributed by atoms with van der Waals surface area (Å²) < 4.78 is 14.0. The van der Waals surface area contributed by atoms with Crippen molar-refractivity contribution in [2.24, 2.45) is 0 Å². The second-order valence-corrected chi connectivity index (χ2v) is 4.91. The molecule has 4 heteroatoms. The summed E-state index contributed by atoms with van der Waals surface area (Å²) in [5, 5.41) is 17.5. The van der Waals surface area contributed by atoms with E-state index in [2.05, 4.69) is 30.6 Å². The zero-order valence-corrected chi connectivity index (χ0v) is 12.1. The summed E-state index contributed by atoms with van der Waals surface area (Å²) in [6, 6.07) is 5.16. The summed E-state index contributed by atoms with van der Waals surface area (Å²) >= 11 is 0. The standard InChI is InChI=1S/C16H22FNO2/c1-13(2)18(8-4-10-20)12-15-7-6-14(5-3-9-19)11-16(15)17/h6-7,11,13,19-20H,4,8-10,12H2,1-2H3. The molecule has 0 heterocycles. The van der Waals surface area contributed by atoms with Crippen molar-refractivity contribution in [1.29, 1.82) is 0 Å². The van der Waals surface area contributed by atoms with E-state index < -0.39 is 0 Å². The molecule has 0 fully saturated rings. The molecule has 0 aliphatic carbocycles.